The molecule has 0 radical (unpaired) electrons. The van der Waals surface area contributed by atoms with Gasteiger partial charge in [-0.3, -0.25) is 0 Å². The molecule has 21 heavy (non-hydrogen) atoms. The van der Waals surface area contributed by atoms with Crippen molar-refractivity contribution in [2.75, 3.05) is 0 Å². The van der Waals surface area contributed by atoms with Crippen molar-refractivity contribution in [3.8, 4) is 0 Å². The summed E-state index contributed by atoms with van der Waals surface area (Å²) >= 11 is 0. The number of benzene rings is 1. The molecule has 1 fully saturated rings. The van der Waals surface area contributed by atoms with Gasteiger partial charge in [0.15, 0.2) is 6.10 Å². The van der Waals surface area contributed by atoms with Gasteiger partial charge < -0.3 is 14.4 Å². The number of alkyl halides is 3. The summed E-state index contributed by atoms with van der Waals surface area (Å²) in [5.41, 5.74) is -0.613. The van der Waals surface area contributed by atoms with Gasteiger partial charge in [0, 0.05) is 0 Å². The zero-order valence-corrected chi connectivity index (χ0v) is 12.4. The fourth-order valence-corrected chi connectivity index (χ4v) is 2.00. The number of hydrogen-bond donors (Lipinski definition) is 1. The molecular weight excluding hydrogens is 284 g/mol. The third-order valence-electron chi connectivity index (χ3n) is 4.09. The van der Waals surface area contributed by atoms with Crippen LogP contribution in [0.15, 0.2) is 24.3 Å². The smallest absolute Gasteiger partial charge is 0.399 e. The van der Waals surface area contributed by atoms with Crippen LogP contribution in [-0.2, 0) is 9.31 Å². The van der Waals surface area contributed by atoms with E-state index in [1.165, 1.54) is 24.3 Å². The highest BCUT2D eigenvalue weighted by molar-refractivity contribution is 6.62. The second-order valence-corrected chi connectivity index (χ2v) is 6.20. The largest absolute Gasteiger partial charge is 0.494 e. The lowest BCUT2D eigenvalue weighted by molar-refractivity contribution is -0.206. The van der Waals surface area contributed by atoms with Crippen molar-refractivity contribution in [1.82, 2.24) is 0 Å². The van der Waals surface area contributed by atoms with Gasteiger partial charge >= 0.3 is 13.3 Å². The second kappa shape index (κ2) is 5.00. The van der Waals surface area contributed by atoms with Crippen molar-refractivity contribution in [3.63, 3.8) is 0 Å². The van der Waals surface area contributed by atoms with Gasteiger partial charge in [-0.25, -0.2) is 0 Å². The summed E-state index contributed by atoms with van der Waals surface area (Å²) in [5, 5.41) is 9.19. The topological polar surface area (TPSA) is 38.7 Å². The average Bonchev–Trinajstić information content (AvgIpc) is 2.57. The molecule has 0 aromatic heterocycles. The van der Waals surface area contributed by atoms with Gasteiger partial charge in [0.05, 0.1) is 11.2 Å². The molecule has 1 aliphatic heterocycles. The quantitative estimate of drug-likeness (QED) is 0.853. The van der Waals surface area contributed by atoms with Crippen LogP contribution in [0.4, 0.5) is 13.2 Å². The van der Waals surface area contributed by atoms with Crippen LogP contribution in [-0.4, -0.2) is 29.6 Å². The molecule has 3 nitrogen and oxygen atoms in total. The van der Waals surface area contributed by atoms with E-state index >= 15 is 0 Å². The molecule has 1 aliphatic rings. The van der Waals surface area contributed by atoms with Gasteiger partial charge in [-0.1, -0.05) is 24.3 Å². The van der Waals surface area contributed by atoms with E-state index in [2.05, 4.69) is 0 Å². The fourth-order valence-electron chi connectivity index (χ4n) is 2.00. The first-order chi connectivity index (χ1) is 9.44. The van der Waals surface area contributed by atoms with Crippen LogP contribution in [0.1, 0.15) is 39.4 Å². The Balaban J connectivity index is 2.18. The highest BCUT2D eigenvalue weighted by Crippen LogP contribution is 2.37. The van der Waals surface area contributed by atoms with Crippen LogP contribution < -0.4 is 5.46 Å². The summed E-state index contributed by atoms with van der Waals surface area (Å²) in [6, 6.07) is 5.43. The molecule has 2 rings (SSSR count). The van der Waals surface area contributed by atoms with Crippen LogP contribution in [0.5, 0.6) is 0 Å². The van der Waals surface area contributed by atoms with Crippen molar-refractivity contribution in [1.29, 1.82) is 0 Å². The Morgan fingerprint density at radius 3 is 1.81 bits per heavy atom. The summed E-state index contributed by atoms with van der Waals surface area (Å²) in [6.45, 7) is 7.59. The van der Waals surface area contributed by atoms with E-state index in [-0.39, 0.29) is 5.56 Å². The molecule has 0 spiro atoms. The number of halogens is 3. The van der Waals surface area contributed by atoms with Gasteiger partial charge in [0.25, 0.3) is 0 Å². The molecule has 116 valence electrons. The lowest BCUT2D eigenvalue weighted by Gasteiger charge is -2.32. The second-order valence-electron chi connectivity index (χ2n) is 6.20. The molecule has 1 atom stereocenters. The average molecular weight is 302 g/mol. The standard InChI is InChI=1S/C14H18BF3O3/c1-12(2)13(3,4)21-15(20-12)10-7-5-9(6-8-10)11(19)14(16,17)18/h5-8,11,19H,1-4H3/t11-/m0/s1. The zero-order chi connectivity index (χ0) is 16.1. The SMILES string of the molecule is CC1(C)OB(c2ccc([C@H](O)C(F)(F)F)cc2)OC1(C)C. The van der Waals surface area contributed by atoms with E-state index in [9.17, 15) is 18.3 Å². The normalized spacial score (nSPS) is 22.4. The lowest BCUT2D eigenvalue weighted by Crippen LogP contribution is -2.41. The third-order valence-corrected chi connectivity index (χ3v) is 4.09. The minimum atomic E-state index is -4.67. The number of aliphatic hydroxyl groups is 1. The van der Waals surface area contributed by atoms with Gasteiger partial charge in [-0.15, -0.1) is 0 Å². The van der Waals surface area contributed by atoms with E-state index in [4.69, 9.17) is 9.31 Å². The van der Waals surface area contributed by atoms with Crippen LogP contribution >= 0.6 is 0 Å². The Labute approximate surface area is 122 Å². The van der Waals surface area contributed by atoms with Gasteiger partial charge in [0.2, 0.25) is 0 Å². The maximum Gasteiger partial charge on any atom is 0.494 e. The maximum absolute atomic E-state index is 12.4. The van der Waals surface area contributed by atoms with E-state index in [1.807, 2.05) is 27.7 Å². The van der Waals surface area contributed by atoms with Gasteiger partial charge in [0.1, 0.15) is 0 Å². The van der Waals surface area contributed by atoms with Crippen molar-refractivity contribution in [2.45, 2.75) is 51.2 Å². The molecule has 0 amide bonds. The first-order valence-corrected chi connectivity index (χ1v) is 6.64. The third kappa shape index (κ3) is 3.10. The molecule has 1 aromatic carbocycles. The van der Waals surface area contributed by atoms with Crippen LogP contribution in [0.2, 0.25) is 0 Å². The van der Waals surface area contributed by atoms with Crippen molar-refractivity contribution >= 4 is 12.6 Å². The molecule has 7 heteroatoms. The number of rotatable bonds is 2. The molecule has 0 saturated carbocycles. The van der Waals surface area contributed by atoms with Crippen molar-refractivity contribution < 1.29 is 27.6 Å². The molecule has 1 N–H and O–H groups in total. The number of hydrogen-bond acceptors (Lipinski definition) is 3. The predicted molar refractivity (Wildman–Crippen MR) is 73.2 cm³/mol. The predicted octanol–water partition coefficient (Wildman–Crippen LogP) is 2.58. The highest BCUT2D eigenvalue weighted by Gasteiger charge is 2.51. The number of aliphatic hydroxyl groups excluding tert-OH is 1. The Bertz CT molecular complexity index is 495. The van der Waals surface area contributed by atoms with E-state index in [0.717, 1.165) is 0 Å². The summed E-state index contributed by atoms with van der Waals surface area (Å²) in [4.78, 5) is 0. The van der Waals surface area contributed by atoms with E-state index in [1.54, 1.807) is 0 Å². The Kier molecular flexibility index (Phi) is 3.89. The van der Waals surface area contributed by atoms with Gasteiger partial charge in [-0.2, -0.15) is 13.2 Å². The minimum absolute atomic E-state index is 0.206. The molecule has 0 unspecified atom stereocenters. The molecule has 1 heterocycles. The Morgan fingerprint density at radius 1 is 1.00 bits per heavy atom. The maximum atomic E-state index is 12.4. The van der Waals surface area contributed by atoms with E-state index in [0.29, 0.717) is 5.46 Å². The van der Waals surface area contributed by atoms with Crippen molar-refractivity contribution in [3.05, 3.63) is 29.8 Å². The summed E-state index contributed by atoms with van der Waals surface area (Å²) < 4.78 is 48.9. The first-order valence-electron chi connectivity index (χ1n) is 6.64. The van der Waals surface area contributed by atoms with Gasteiger partial charge in [-0.05, 0) is 38.7 Å². The molecule has 0 bridgehead atoms. The molecule has 0 aliphatic carbocycles. The zero-order valence-electron chi connectivity index (χ0n) is 12.4. The lowest BCUT2D eigenvalue weighted by atomic mass is 9.78. The van der Waals surface area contributed by atoms with Crippen LogP contribution in [0.3, 0.4) is 0 Å². The minimum Gasteiger partial charge on any atom is -0.399 e. The summed E-state index contributed by atoms with van der Waals surface area (Å²) in [6.07, 6.45) is -7.16. The summed E-state index contributed by atoms with van der Waals surface area (Å²) in [5.74, 6) is 0. The Morgan fingerprint density at radius 2 is 1.43 bits per heavy atom. The molecule has 1 aromatic rings. The molecule has 1 saturated heterocycles. The fraction of sp³-hybridized carbons (Fsp3) is 0.571. The van der Waals surface area contributed by atoms with E-state index < -0.39 is 30.6 Å². The van der Waals surface area contributed by atoms with Crippen LogP contribution in [0, 0.1) is 0 Å². The van der Waals surface area contributed by atoms with Crippen molar-refractivity contribution in [2.24, 2.45) is 0 Å². The highest BCUT2D eigenvalue weighted by atomic mass is 19.4. The van der Waals surface area contributed by atoms with Crippen LogP contribution in [0.25, 0.3) is 0 Å². The Hall–Kier alpha value is -1.05. The first kappa shape index (κ1) is 16.3. The summed E-state index contributed by atoms with van der Waals surface area (Å²) in [7, 11) is -0.632. The monoisotopic (exact) mass is 302 g/mol. The molecular formula is C14H18BF3O3.